The summed E-state index contributed by atoms with van der Waals surface area (Å²) in [5, 5.41) is 1.81. The van der Waals surface area contributed by atoms with E-state index < -0.39 is 10.0 Å². The van der Waals surface area contributed by atoms with E-state index in [1.165, 1.54) is 11.3 Å². The Morgan fingerprint density at radius 1 is 1.48 bits per heavy atom. The molecule has 0 amide bonds. The first-order valence-corrected chi connectivity index (χ1v) is 9.51. The number of hydrogen-bond donors (Lipinski definition) is 0. The first kappa shape index (κ1) is 15.4. The highest BCUT2D eigenvalue weighted by molar-refractivity contribution is 7.91. The Labute approximate surface area is 129 Å². The van der Waals surface area contributed by atoms with E-state index in [-0.39, 0.29) is 11.3 Å². The molecular formula is C14H21NO4S2. The summed E-state index contributed by atoms with van der Waals surface area (Å²) in [5.74, 6) is 0.251. The molecule has 5 nitrogen and oxygen atoms in total. The summed E-state index contributed by atoms with van der Waals surface area (Å²) >= 11 is 1.28. The van der Waals surface area contributed by atoms with Crippen LogP contribution in [0.15, 0.2) is 21.7 Å². The quantitative estimate of drug-likeness (QED) is 0.844. The van der Waals surface area contributed by atoms with Crippen LogP contribution in [0.3, 0.4) is 0 Å². The van der Waals surface area contributed by atoms with Crippen molar-refractivity contribution < 1.29 is 17.9 Å². The molecule has 2 fully saturated rings. The molecule has 0 aliphatic carbocycles. The van der Waals surface area contributed by atoms with Crippen LogP contribution in [0.5, 0.6) is 0 Å². The van der Waals surface area contributed by atoms with Crippen LogP contribution < -0.4 is 0 Å². The molecular weight excluding hydrogens is 310 g/mol. The number of rotatable bonds is 4. The van der Waals surface area contributed by atoms with Gasteiger partial charge >= 0.3 is 0 Å². The number of ether oxygens (including phenoxy) is 2. The maximum Gasteiger partial charge on any atom is 0.252 e. The van der Waals surface area contributed by atoms with Crippen LogP contribution in [0, 0.1) is 11.3 Å². The van der Waals surface area contributed by atoms with Crippen molar-refractivity contribution in [3.8, 4) is 0 Å². The Bertz CT molecular complexity index is 564. The van der Waals surface area contributed by atoms with Crippen molar-refractivity contribution in [1.29, 1.82) is 0 Å². The van der Waals surface area contributed by atoms with Gasteiger partial charge in [0.25, 0.3) is 10.0 Å². The van der Waals surface area contributed by atoms with E-state index in [0.717, 1.165) is 12.8 Å². The number of sulfonamides is 1. The Balaban J connectivity index is 1.86. The summed E-state index contributed by atoms with van der Waals surface area (Å²) in [7, 11) is -1.68. The highest BCUT2D eigenvalue weighted by Crippen LogP contribution is 2.46. The zero-order valence-electron chi connectivity index (χ0n) is 12.2. The minimum atomic E-state index is -3.37. The first-order chi connectivity index (χ1) is 10.1. The molecule has 118 valence electrons. The van der Waals surface area contributed by atoms with Gasteiger partial charge in [-0.25, -0.2) is 8.42 Å². The first-order valence-electron chi connectivity index (χ1n) is 7.19. The fourth-order valence-corrected chi connectivity index (χ4v) is 6.21. The lowest BCUT2D eigenvalue weighted by Crippen LogP contribution is -2.39. The highest BCUT2D eigenvalue weighted by atomic mass is 32.2. The second kappa shape index (κ2) is 5.96. The van der Waals surface area contributed by atoms with Crippen molar-refractivity contribution >= 4 is 21.4 Å². The van der Waals surface area contributed by atoms with Gasteiger partial charge in [0.1, 0.15) is 4.21 Å². The van der Waals surface area contributed by atoms with Gasteiger partial charge in [-0.15, -0.1) is 11.3 Å². The van der Waals surface area contributed by atoms with E-state index in [1.54, 1.807) is 28.9 Å². The van der Waals surface area contributed by atoms with Crippen molar-refractivity contribution in [2.24, 2.45) is 11.3 Å². The second-order valence-corrected chi connectivity index (χ2v) is 8.97. The molecule has 0 aromatic carbocycles. The highest BCUT2D eigenvalue weighted by Gasteiger charge is 2.50. The second-order valence-electron chi connectivity index (χ2n) is 5.86. The Morgan fingerprint density at radius 3 is 2.86 bits per heavy atom. The molecule has 1 spiro atoms. The predicted molar refractivity (Wildman–Crippen MR) is 80.9 cm³/mol. The average molecular weight is 331 g/mol. The van der Waals surface area contributed by atoms with E-state index in [4.69, 9.17) is 9.47 Å². The van der Waals surface area contributed by atoms with Gasteiger partial charge in [0.15, 0.2) is 0 Å². The van der Waals surface area contributed by atoms with Crippen molar-refractivity contribution in [2.45, 2.75) is 17.1 Å². The van der Waals surface area contributed by atoms with Gasteiger partial charge in [-0.2, -0.15) is 4.31 Å². The third-order valence-electron chi connectivity index (χ3n) is 4.73. The third kappa shape index (κ3) is 2.77. The average Bonchev–Trinajstić information content (AvgIpc) is 3.11. The molecule has 21 heavy (non-hydrogen) atoms. The van der Waals surface area contributed by atoms with E-state index in [1.807, 2.05) is 0 Å². The molecule has 0 N–H and O–H groups in total. The molecule has 2 aliphatic heterocycles. The molecule has 7 heteroatoms. The van der Waals surface area contributed by atoms with E-state index in [0.29, 0.717) is 37.1 Å². The molecule has 1 unspecified atom stereocenters. The number of thiophene rings is 1. The standard InChI is InChI=1S/C14H21NO4S2/c1-18-10-12-9-15(11-14(12)4-6-19-7-5-14)21(16,17)13-3-2-8-20-13/h2-3,8,12H,4-7,9-11H2,1H3. The van der Waals surface area contributed by atoms with Crippen LogP contribution >= 0.6 is 11.3 Å². The normalized spacial score (nSPS) is 26.4. The summed E-state index contributed by atoms with van der Waals surface area (Å²) in [6.45, 7) is 3.18. The summed E-state index contributed by atoms with van der Waals surface area (Å²) < 4.78 is 38.4. The topological polar surface area (TPSA) is 55.8 Å². The molecule has 3 rings (SSSR count). The lowest BCUT2D eigenvalue weighted by molar-refractivity contribution is -0.0162. The lowest BCUT2D eigenvalue weighted by Gasteiger charge is -2.37. The van der Waals surface area contributed by atoms with E-state index in [9.17, 15) is 8.42 Å². The Kier molecular flexibility index (Phi) is 4.38. The van der Waals surface area contributed by atoms with Crippen molar-refractivity contribution in [2.75, 3.05) is 40.0 Å². The fraction of sp³-hybridized carbons (Fsp3) is 0.714. The molecule has 1 aromatic rings. The Hall–Kier alpha value is -0.470. The van der Waals surface area contributed by atoms with Crippen LogP contribution in [0.2, 0.25) is 0 Å². The maximum atomic E-state index is 12.7. The number of nitrogens with zero attached hydrogens (tertiary/aromatic N) is 1. The molecule has 1 aromatic heterocycles. The Morgan fingerprint density at radius 2 is 2.24 bits per heavy atom. The van der Waals surface area contributed by atoms with Gasteiger partial charge < -0.3 is 9.47 Å². The van der Waals surface area contributed by atoms with Crippen LogP contribution in [0.1, 0.15) is 12.8 Å². The van der Waals surface area contributed by atoms with Crippen LogP contribution in [0.4, 0.5) is 0 Å². The van der Waals surface area contributed by atoms with Crippen molar-refractivity contribution in [3.05, 3.63) is 17.5 Å². The van der Waals surface area contributed by atoms with Crippen LogP contribution in [-0.2, 0) is 19.5 Å². The minimum absolute atomic E-state index is 0.0125. The SMILES string of the molecule is COCC1CN(S(=O)(=O)c2cccs2)CC12CCOCC2. The number of methoxy groups -OCH3 is 1. The van der Waals surface area contributed by atoms with Crippen molar-refractivity contribution in [1.82, 2.24) is 4.31 Å². The molecule has 2 aliphatic rings. The van der Waals surface area contributed by atoms with Gasteiger partial charge in [0.2, 0.25) is 0 Å². The summed E-state index contributed by atoms with van der Waals surface area (Å²) in [6, 6.07) is 3.46. The van der Waals surface area contributed by atoms with Gasteiger partial charge in [-0.1, -0.05) is 6.07 Å². The van der Waals surface area contributed by atoms with Gasteiger partial charge in [-0.05, 0) is 29.7 Å². The largest absolute Gasteiger partial charge is 0.384 e. The predicted octanol–water partition coefficient (Wildman–Crippen LogP) is 1.81. The zero-order valence-corrected chi connectivity index (χ0v) is 13.8. The monoisotopic (exact) mass is 331 g/mol. The van der Waals surface area contributed by atoms with Crippen LogP contribution in [-0.4, -0.2) is 52.7 Å². The van der Waals surface area contributed by atoms with Gasteiger partial charge in [-0.3, -0.25) is 0 Å². The molecule has 3 heterocycles. The summed E-state index contributed by atoms with van der Waals surface area (Å²) in [4.78, 5) is 0. The molecule has 1 atom stereocenters. The molecule has 0 radical (unpaired) electrons. The molecule has 0 bridgehead atoms. The smallest absolute Gasteiger partial charge is 0.252 e. The summed E-state index contributed by atoms with van der Waals surface area (Å²) in [6.07, 6.45) is 1.83. The minimum Gasteiger partial charge on any atom is -0.384 e. The lowest BCUT2D eigenvalue weighted by atomic mass is 9.72. The van der Waals surface area contributed by atoms with E-state index in [2.05, 4.69) is 0 Å². The molecule has 0 saturated carbocycles. The van der Waals surface area contributed by atoms with E-state index >= 15 is 0 Å². The third-order valence-corrected chi connectivity index (χ3v) is 7.91. The summed E-state index contributed by atoms with van der Waals surface area (Å²) in [5.41, 5.74) is 0.0125. The van der Waals surface area contributed by atoms with Crippen LogP contribution in [0.25, 0.3) is 0 Å². The number of hydrogen-bond acceptors (Lipinski definition) is 5. The van der Waals surface area contributed by atoms with Crippen molar-refractivity contribution in [3.63, 3.8) is 0 Å². The molecule has 2 saturated heterocycles. The fourth-order valence-electron chi connectivity index (χ4n) is 3.48. The van der Waals surface area contributed by atoms with Gasteiger partial charge in [0, 0.05) is 39.3 Å². The zero-order chi connectivity index (χ0) is 14.9. The van der Waals surface area contributed by atoms with Gasteiger partial charge in [0.05, 0.1) is 6.61 Å². The maximum absolute atomic E-state index is 12.7.